The number of fused-ring (bicyclic) bond motifs is 3. The fourth-order valence-corrected chi connectivity index (χ4v) is 6.28. The van der Waals surface area contributed by atoms with Crippen molar-refractivity contribution >= 4 is 0 Å². The van der Waals surface area contributed by atoms with E-state index in [2.05, 4.69) is 4.98 Å². The zero-order chi connectivity index (χ0) is 17.5. The highest BCUT2D eigenvalue weighted by Gasteiger charge is 2.42. The monoisotopic (exact) mass is 351 g/mol. The zero-order valence-corrected chi connectivity index (χ0v) is 16.1. The summed E-state index contributed by atoms with van der Waals surface area (Å²) in [5, 5.41) is 9.82. The fourth-order valence-electron chi connectivity index (χ4n) is 6.28. The molecule has 3 saturated carbocycles. The first-order valence-corrected chi connectivity index (χ1v) is 11.2. The summed E-state index contributed by atoms with van der Waals surface area (Å²) in [6.07, 6.45) is 20.1. The molecule has 1 aromatic rings. The van der Waals surface area contributed by atoms with Gasteiger partial charge in [0.1, 0.15) is 5.75 Å². The van der Waals surface area contributed by atoms with Gasteiger partial charge in [0.2, 0.25) is 0 Å². The van der Waals surface area contributed by atoms with Gasteiger partial charge in [0, 0.05) is 5.92 Å². The lowest BCUT2D eigenvalue weighted by Gasteiger charge is -2.33. The Morgan fingerprint density at radius 3 is 2.38 bits per heavy atom. The Labute approximate surface area is 158 Å². The van der Waals surface area contributed by atoms with Gasteiger partial charge in [-0.1, -0.05) is 49.7 Å². The Hall–Kier alpha value is -1.31. The van der Waals surface area contributed by atoms with Crippen molar-refractivity contribution in [3.05, 3.63) is 34.7 Å². The number of hydrogen-bond acceptors (Lipinski definition) is 2. The molecule has 1 atom stereocenters. The van der Waals surface area contributed by atoms with Crippen molar-refractivity contribution in [1.82, 2.24) is 4.98 Å². The number of hydrogen-bond donors (Lipinski definition) is 1. The Morgan fingerprint density at radius 2 is 1.62 bits per heavy atom. The summed E-state index contributed by atoms with van der Waals surface area (Å²) in [5.74, 6) is 3.77. The highest BCUT2D eigenvalue weighted by Crippen LogP contribution is 2.56. The molecule has 0 amide bonds. The van der Waals surface area contributed by atoms with E-state index in [0.29, 0.717) is 11.7 Å². The second kappa shape index (κ2) is 7.02. The van der Waals surface area contributed by atoms with E-state index in [9.17, 15) is 5.11 Å². The van der Waals surface area contributed by atoms with E-state index in [0.717, 1.165) is 24.2 Å². The molecule has 3 fully saturated rings. The number of nitrogens with zero attached hydrogens (tertiary/aromatic N) is 1. The lowest BCUT2D eigenvalue weighted by molar-refractivity contribution is 0.241. The molecule has 0 radical (unpaired) electrons. The predicted molar refractivity (Wildman–Crippen MR) is 105 cm³/mol. The van der Waals surface area contributed by atoms with Crippen LogP contribution in [0.3, 0.4) is 0 Å². The van der Waals surface area contributed by atoms with Gasteiger partial charge in [-0.2, -0.15) is 0 Å². The van der Waals surface area contributed by atoms with Crippen LogP contribution in [0.25, 0.3) is 0 Å². The van der Waals surface area contributed by atoms with Crippen molar-refractivity contribution in [3.63, 3.8) is 0 Å². The van der Waals surface area contributed by atoms with Crippen LogP contribution in [0.2, 0.25) is 0 Å². The number of allylic oxidation sites excluding steroid dienone is 2. The summed E-state index contributed by atoms with van der Waals surface area (Å²) in [6.45, 7) is 0. The molecule has 2 heteroatoms. The van der Waals surface area contributed by atoms with Gasteiger partial charge in [-0.25, -0.2) is 0 Å². The molecule has 0 saturated heterocycles. The molecular formula is C24H33NO. The molecule has 1 unspecified atom stereocenters. The summed E-state index contributed by atoms with van der Waals surface area (Å²) in [6, 6.07) is 1.97. The van der Waals surface area contributed by atoms with Gasteiger partial charge in [-0.15, -0.1) is 0 Å². The van der Waals surface area contributed by atoms with Crippen LogP contribution in [-0.2, 0) is 6.42 Å². The predicted octanol–water partition coefficient (Wildman–Crippen LogP) is 6.29. The Balaban J connectivity index is 1.20. The van der Waals surface area contributed by atoms with Gasteiger partial charge >= 0.3 is 0 Å². The maximum absolute atomic E-state index is 9.82. The molecule has 4 aliphatic carbocycles. The molecule has 1 N–H and O–H groups in total. The van der Waals surface area contributed by atoms with E-state index < -0.39 is 0 Å². The first kappa shape index (κ1) is 16.8. The van der Waals surface area contributed by atoms with E-state index in [1.807, 2.05) is 6.07 Å². The van der Waals surface area contributed by atoms with Crippen LogP contribution in [0.1, 0.15) is 94.2 Å². The molecule has 0 bridgehead atoms. The first-order valence-electron chi connectivity index (χ1n) is 11.2. The van der Waals surface area contributed by atoms with Crippen LogP contribution in [0, 0.1) is 17.8 Å². The molecule has 2 nitrogen and oxygen atoms in total. The summed E-state index contributed by atoms with van der Waals surface area (Å²) in [4.78, 5) is 4.52. The van der Waals surface area contributed by atoms with Crippen LogP contribution in [0.15, 0.2) is 23.4 Å². The third-order valence-electron chi connectivity index (χ3n) is 7.78. The van der Waals surface area contributed by atoms with E-state index in [1.54, 1.807) is 17.3 Å². The van der Waals surface area contributed by atoms with Crippen molar-refractivity contribution in [3.8, 4) is 5.75 Å². The van der Waals surface area contributed by atoms with Crippen LogP contribution >= 0.6 is 0 Å². The van der Waals surface area contributed by atoms with Crippen molar-refractivity contribution in [2.24, 2.45) is 17.8 Å². The molecule has 4 aliphatic rings. The minimum absolute atomic E-state index is 0.333. The second-order valence-electron chi connectivity index (χ2n) is 9.53. The highest BCUT2D eigenvalue weighted by atomic mass is 16.3. The molecule has 140 valence electrons. The second-order valence-corrected chi connectivity index (χ2v) is 9.53. The van der Waals surface area contributed by atoms with Crippen LogP contribution in [-0.4, -0.2) is 10.1 Å². The van der Waals surface area contributed by atoms with E-state index in [1.165, 1.54) is 88.3 Å². The minimum atomic E-state index is 0.333. The average molecular weight is 352 g/mol. The van der Waals surface area contributed by atoms with Gasteiger partial charge in [-0.3, -0.25) is 4.98 Å². The third kappa shape index (κ3) is 3.32. The number of aromatic hydroxyl groups is 1. The zero-order valence-electron chi connectivity index (χ0n) is 16.1. The maximum Gasteiger partial charge on any atom is 0.134 e. The lowest BCUT2D eigenvalue weighted by Crippen LogP contribution is -2.20. The van der Waals surface area contributed by atoms with Crippen molar-refractivity contribution in [1.29, 1.82) is 0 Å². The molecule has 1 aromatic heterocycles. The van der Waals surface area contributed by atoms with Crippen LogP contribution < -0.4 is 0 Å². The Bertz CT molecular complexity index is 690. The molecular weight excluding hydrogens is 318 g/mol. The smallest absolute Gasteiger partial charge is 0.134 e. The summed E-state index contributed by atoms with van der Waals surface area (Å²) >= 11 is 0. The largest absolute Gasteiger partial charge is 0.506 e. The number of rotatable bonds is 3. The van der Waals surface area contributed by atoms with Gasteiger partial charge in [0.25, 0.3) is 0 Å². The lowest BCUT2D eigenvalue weighted by atomic mass is 9.72. The molecule has 1 heterocycles. The Morgan fingerprint density at radius 1 is 0.885 bits per heavy atom. The highest BCUT2D eigenvalue weighted by molar-refractivity contribution is 5.52. The van der Waals surface area contributed by atoms with Crippen LogP contribution in [0.5, 0.6) is 5.75 Å². The molecule has 0 aromatic carbocycles. The van der Waals surface area contributed by atoms with E-state index in [-0.39, 0.29) is 0 Å². The standard InChI is InChI=1S/C24H33NO/c26-20-12-19-13-21(22-14-23(22)24(19)25-15-20)18-9-7-17(8-10-18)11-16-5-3-1-2-4-6-16/h12,15-18,23,26H,1-11,13-14H2. The number of aromatic nitrogens is 1. The van der Waals surface area contributed by atoms with Gasteiger partial charge < -0.3 is 5.11 Å². The summed E-state index contributed by atoms with van der Waals surface area (Å²) in [7, 11) is 0. The van der Waals surface area contributed by atoms with Crippen molar-refractivity contribution in [2.45, 2.75) is 89.4 Å². The average Bonchev–Trinajstić information content (AvgIpc) is 3.46. The topological polar surface area (TPSA) is 33.1 Å². The van der Waals surface area contributed by atoms with Crippen LogP contribution in [0.4, 0.5) is 0 Å². The molecule has 26 heavy (non-hydrogen) atoms. The SMILES string of the molecule is Oc1cnc2c(c1)CC(C1CCC(CC3CCCCCC3)CC1)=C1CC12. The fraction of sp³-hybridized carbons (Fsp3) is 0.708. The van der Waals surface area contributed by atoms with Gasteiger partial charge in [0.15, 0.2) is 0 Å². The van der Waals surface area contributed by atoms with Crippen molar-refractivity contribution in [2.75, 3.05) is 0 Å². The summed E-state index contributed by atoms with van der Waals surface area (Å²) in [5.41, 5.74) is 6.00. The minimum Gasteiger partial charge on any atom is -0.506 e. The number of pyridine rings is 1. The first-order chi connectivity index (χ1) is 12.8. The van der Waals surface area contributed by atoms with Gasteiger partial charge in [-0.05, 0) is 74.3 Å². The van der Waals surface area contributed by atoms with E-state index in [4.69, 9.17) is 0 Å². The normalized spacial score (nSPS) is 31.9. The van der Waals surface area contributed by atoms with Gasteiger partial charge in [0.05, 0.1) is 11.9 Å². The van der Waals surface area contributed by atoms with E-state index >= 15 is 0 Å². The van der Waals surface area contributed by atoms with Crippen molar-refractivity contribution < 1.29 is 5.11 Å². The quantitative estimate of drug-likeness (QED) is 0.512. The Kier molecular flexibility index (Phi) is 4.54. The molecule has 0 aliphatic heterocycles. The summed E-state index contributed by atoms with van der Waals surface area (Å²) < 4.78 is 0. The third-order valence-corrected chi connectivity index (χ3v) is 7.78. The molecule has 0 spiro atoms. The maximum atomic E-state index is 9.82. The molecule has 5 rings (SSSR count).